The molecule has 3 aromatic rings. The highest BCUT2D eigenvalue weighted by atomic mass is 35.5. The number of aromatic nitrogens is 1. The second-order valence-electron chi connectivity index (χ2n) is 6.59. The summed E-state index contributed by atoms with van der Waals surface area (Å²) in [5.74, 6) is 0.993. The molecule has 138 valence electrons. The number of amides is 1. The van der Waals surface area contributed by atoms with Crippen LogP contribution in [0.4, 0.5) is 0 Å². The van der Waals surface area contributed by atoms with E-state index in [1.54, 1.807) is 6.07 Å². The number of benzene rings is 1. The lowest BCUT2D eigenvalue weighted by Crippen LogP contribution is -2.48. The normalized spacial score (nSPS) is 15.1. The number of hydrogen-bond acceptors (Lipinski definition) is 4. The van der Waals surface area contributed by atoms with Crippen LogP contribution in [0.5, 0.6) is 0 Å². The molecule has 2 aromatic heterocycles. The van der Waals surface area contributed by atoms with Crippen LogP contribution in [-0.4, -0.2) is 46.9 Å². The van der Waals surface area contributed by atoms with Gasteiger partial charge in [-0.15, -0.1) is 0 Å². The summed E-state index contributed by atoms with van der Waals surface area (Å²) in [7, 11) is 0. The second kappa shape index (κ2) is 7.94. The molecule has 1 aromatic carbocycles. The predicted octanol–water partition coefficient (Wildman–Crippen LogP) is 3.95. The lowest BCUT2D eigenvalue weighted by Gasteiger charge is -2.34. The first-order valence-electron chi connectivity index (χ1n) is 8.95. The SMILES string of the molecule is O=C(c1ccc(-c2ccc(Cl)cc2)o1)N1CCN(Cc2ccncc2)CC1. The van der Waals surface area contributed by atoms with Gasteiger partial charge in [0.1, 0.15) is 5.76 Å². The Kier molecular flexibility index (Phi) is 5.23. The van der Waals surface area contributed by atoms with Crippen molar-refractivity contribution in [1.29, 1.82) is 0 Å². The molecular weight excluding hydrogens is 362 g/mol. The molecule has 0 N–H and O–H groups in total. The molecule has 4 rings (SSSR count). The summed E-state index contributed by atoms with van der Waals surface area (Å²) in [5, 5.41) is 0.672. The zero-order valence-electron chi connectivity index (χ0n) is 14.8. The number of piperazine rings is 1. The average molecular weight is 382 g/mol. The number of carbonyl (C=O) groups is 1. The van der Waals surface area contributed by atoms with Gasteiger partial charge in [0.15, 0.2) is 5.76 Å². The molecule has 1 fully saturated rings. The van der Waals surface area contributed by atoms with Gasteiger partial charge in [0.2, 0.25) is 0 Å². The maximum Gasteiger partial charge on any atom is 0.289 e. The molecule has 6 heteroatoms. The van der Waals surface area contributed by atoms with Crippen LogP contribution < -0.4 is 0 Å². The minimum Gasteiger partial charge on any atom is -0.451 e. The minimum absolute atomic E-state index is 0.0567. The fraction of sp³-hybridized carbons (Fsp3) is 0.238. The summed E-state index contributed by atoms with van der Waals surface area (Å²) in [6.07, 6.45) is 3.62. The lowest BCUT2D eigenvalue weighted by molar-refractivity contribution is 0.0598. The van der Waals surface area contributed by atoms with Crippen molar-refractivity contribution >= 4 is 17.5 Å². The monoisotopic (exact) mass is 381 g/mol. The summed E-state index contributed by atoms with van der Waals surface area (Å²) < 4.78 is 5.79. The van der Waals surface area contributed by atoms with E-state index in [0.29, 0.717) is 29.6 Å². The summed E-state index contributed by atoms with van der Waals surface area (Å²) in [6, 6.07) is 15.0. The molecule has 0 bridgehead atoms. The number of rotatable bonds is 4. The summed E-state index contributed by atoms with van der Waals surface area (Å²) in [6.45, 7) is 3.96. The fourth-order valence-corrected chi connectivity index (χ4v) is 3.36. The highest BCUT2D eigenvalue weighted by Gasteiger charge is 2.24. The topological polar surface area (TPSA) is 49.6 Å². The van der Waals surface area contributed by atoms with E-state index in [-0.39, 0.29) is 5.91 Å². The summed E-state index contributed by atoms with van der Waals surface area (Å²) >= 11 is 5.92. The highest BCUT2D eigenvalue weighted by Crippen LogP contribution is 2.24. The van der Waals surface area contributed by atoms with E-state index in [4.69, 9.17) is 16.0 Å². The minimum atomic E-state index is -0.0567. The largest absolute Gasteiger partial charge is 0.451 e. The molecule has 0 saturated carbocycles. The molecule has 0 atom stereocenters. The molecule has 0 radical (unpaired) electrons. The van der Waals surface area contributed by atoms with Gasteiger partial charge in [0.25, 0.3) is 5.91 Å². The standard InChI is InChI=1S/C21H20ClN3O2/c22-18-3-1-17(2-4-18)19-5-6-20(27-19)21(26)25-13-11-24(12-14-25)15-16-7-9-23-10-8-16/h1-10H,11-15H2. The Morgan fingerprint density at radius 3 is 2.37 bits per heavy atom. The first kappa shape index (κ1) is 17.8. The van der Waals surface area contributed by atoms with Gasteiger partial charge in [-0.05, 0) is 54.1 Å². The van der Waals surface area contributed by atoms with E-state index >= 15 is 0 Å². The Bertz CT molecular complexity index is 901. The van der Waals surface area contributed by atoms with Crippen molar-refractivity contribution in [2.45, 2.75) is 6.54 Å². The van der Waals surface area contributed by atoms with E-state index in [2.05, 4.69) is 9.88 Å². The lowest BCUT2D eigenvalue weighted by atomic mass is 10.2. The van der Waals surface area contributed by atoms with E-state index in [9.17, 15) is 4.79 Å². The third-order valence-corrected chi connectivity index (χ3v) is 5.01. The van der Waals surface area contributed by atoms with Crippen molar-refractivity contribution in [3.05, 3.63) is 77.3 Å². The van der Waals surface area contributed by atoms with E-state index in [1.807, 2.05) is 59.8 Å². The third-order valence-electron chi connectivity index (χ3n) is 4.76. The Balaban J connectivity index is 1.36. The number of pyridine rings is 1. The molecule has 5 nitrogen and oxygen atoms in total. The molecule has 0 aliphatic carbocycles. The van der Waals surface area contributed by atoms with Gasteiger partial charge < -0.3 is 9.32 Å². The van der Waals surface area contributed by atoms with Crippen LogP contribution in [-0.2, 0) is 6.54 Å². The van der Waals surface area contributed by atoms with Crippen molar-refractivity contribution in [1.82, 2.24) is 14.8 Å². The van der Waals surface area contributed by atoms with Crippen LogP contribution in [0.15, 0.2) is 65.3 Å². The highest BCUT2D eigenvalue weighted by molar-refractivity contribution is 6.30. The van der Waals surface area contributed by atoms with Crippen LogP contribution in [0, 0.1) is 0 Å². The van der Waals surface area contributed by atoms with Crippen LogP contribution in [0.2, 0.25) is 5.02 Å². The fourth-order valence-electron chi connectivity index (χ4n) is 3.23. The van der Waals surface area contributed by atoms with Crippen molar-refractivity contribution in [2.75, 3.05) is 26.2 Å². The van der Waals surface area contributed by atoms with Gasteiger partial charge in [-0.1, -0.05) is 11.6 Å². The molecule has 0 spiro atoms. The van der Waals surface area contributed by atoms with Crippen LogP contribution >= 0.6 is 11.6 Å². The Labute approximate surface area is 163 Å². The van der Waals surface area contributed by atoms with Crippen molar-refractivity contribution in [3.8, 4) is 11.3 Å². The molecular formula is C21H20ClN3O2. The summed E-state index contributed by atoms with van der Waals surface area (Å²) in [4.78, 5) is 21.0. The molecule has 1 amide bonds. The van der Waals surface area contributed by atoms with Gasteiger partial charge in [0, 0.05) is 55.7 Å². The number of furan rings is 1. The van der Waals surface area contributed by atoms with Gasteiger partial charge in [-0.2, -0.15) is 0 Å². The zero-order chi connectivity index (χ0) is 18.6. The third kappa shape index (κ3) is 4.21. The maximum absolute atomic E-state index is 12.7. The number of carbonyl (C=O) groups excluding carboxylic acids is 1. The van der Waals surface area contributed by atoms with Crippen LogP contribution in [0.1, 0.15) is 16.1 Å². The van der Waals surface area contributed by atoms with Crippen LogP contribution in [0.25, 0.3) is 11.3 Å². The van der Waals surface area contributed by atoms with Crippen molar-refractivity contribution in [3.63, 3.8) is 0 Å². The molecule has 0 unspecified atom stereocenters. The van der Waals surface area contributed by atoms with Crippen LogP contribution in [0.3, 0.4) is 0 Å². The number of nitrogens with zero attached hydrogens (tertiary/aromatic N) is 3. The zero-order valence-corrected chi connectivity index (χ0v) is 15.6. The van der Waals surface area contributed by atoms with Gasteiger partial charge >= 0.3 is 0 Å². The molecule has 1 aliphatic heterocycles. The van der Waals surface area contributed by atoms with Gasteiger partial charge in [-0.25, -0.2) is 0 Å². The molecule has 1 saturated heterocycles. The first-order valence-corrected chi connectivity index (χ1v) is 9.33. The molecule has 27 heavy (non-hydrogen) atoms. The Morgan fingerprint density at radius 2 is 1.67 bits per heavy atom. The Hall–Kier alpha value is -2.63. The Morgan fingerprint density at radius 1 is 0.963 bits per heavy atom. The number of halogens is 1. The molecule has 3 heterocycles. The maximum atomic E-state index is 12.7. The predicted molar refractivity (Wildman–Crippen MR) is 105 cm³/mol. The number of hydrogen-bond donors (Lipinski definition) is 0. The molecule has 1 aliphatic rings. The average Bonchev–Trinajstić information content (AvgIpc) is 3.20. The van der Waals surface area contributed by atoms with Crippen molar-refractivity contribution in [2.24, 2.45) is 0 Å². The first-order chi connectivity index (χ1) is 13.2. The van der Waals surface area contributed by atoms with Gasteiger partial charge in [0.05, 0.1) is 0 Å². The smallest absolute Gasteiger partial charge is 0.289 e. The quantitative estimate of drug-likeness (QED) is 0.686. The van der Waals surface area contributed by atoms with Gasteiger partial charge in [-0.3, -0.25) is 14.7 Å². The van der Waals surface area contributed by atoms with E-state index < -0.39 is 0 Å². The van der Waals surface area contributed by atoms with E-state index in [0.717, 1.165) is 25.2 Å². The second-order valence-corrected chi connectivity index (χ2v) is 7.03. The summed E-state index contributed by atoms with van der Waals surface area (Å²) in [5.41, 5.74) is 2.14. The van der Waals surface area contributed by atoms with E-state index in [1.165, 1.54) is 5.56 Å². The van der Waals surface area contributed by atoms with Crippen molar-refractivity contribution < 1.29 is 9.21 Å².